The SMILES string of the molecule is CN(C(=O)CCc1ccc(C(F)(F)F)cc1)C1CC2Oc3c(O)ccc4c3[C@@]23CCN(CC2CC2)[C@H](C4)[C@]3(O)C1. The number of alkyl halides is 3. The Morgan fingerprint density at radius 1 is 1.18 bits per heavy atom. The monoisotopic (exact) mass is 556 g/mol. The number of phenolic OH excluding ortho intramolecular Hbond substituents is 1. The number of halogens is 3. The Kier molecular flexibility index (Phi) is 5.79. The van der Waals surface area contributed by atoms with Crippen LogP contribution >= 0.6 is 0 Å². The van der Waals surface area contributed by atoms with Gasteiger partial charge in [-0.15, -0.1) is 0 Å². The van der Waals surface area contributed by atoms with E-state index in [9.17, 15) is 28.2 Å². The maximum absolute atomic E-state index is 13.4. The Labute approximate surface area is 231 Å². The molecular formula is C31H35F3N2O4. The van der Waals surface area contributed by atoms with Crippen molar-refractivity contribution in [3.8, 4) is 11.5 Å². The average molecular weight is 557 g/mol. The predicted molar refractivity (Wildman–Crippen MR) is 141 cm³/mol. The maximum Gasteiger partial charge on any atom is 0.416 e. The molecule has 2 heterocycles. The minimum atomic E-state index is -4.39. The van der Waals surface area contributed by atoms with E-state index in [1.165, 1.54) is 25.0 Å². The second-order valence-electron chi connectivity index (χ2n) is 12.7. The van der Waals surface area contributed by atoms with Gasteiger partial charge < -0.3 is 19.8 Å². The molecule has 2 unspecified atom stereocenters. The average Bonchev–Trinajstić information content (AvgIpc) is 3.67. The van der Waals surface area contributed by atoms with E-state index in [0.29, 0.717) is 42.9 Å². The molecule has 5 aliphatic rings. The van der Waals surface area contributed by atoms with E-state index < -0.39 is 22.8 Å². The molecule has 1 spiro atoms. The number of phenols is 1. The smallest absolute Gasteiger partial charge is 0.416 e. The lowest BCUT2D eigenvalue weighted by Crippen LogP contribution is -2.77. The quantitative estimate of drug-likeness (QED) is 0.551. The number of piperidine rings is 1. The van der Waals surface area contributed by atoms with E-state index >= 15 is 0 Å². The van der Waals surface area contributed by atoms with E-state index in [4.69, 9.17) is 4.74 Å². The molecule has 3 fully saturated rings. The number of ether oxygens (including phenoxy) is 1. The summed E-state index contributed by atoms with van der Waals surface area (Å²) < 4.78 is 45.2. The van der Waals surface area contributed by atoms with Crippen LogP contribution in [-0.4, -0.2) is 69.8 Å². The molecule has 214 valence electrons. The third-order valence-electron chi connectivity index (χ3n) is 10.5. The molecule has 2 N–H and O–H groups in total. The molecule has 2 aromatic rings. The molecule has 1 saturated heterocycles. The minimum absolute atomic E-state index is 0.0885. The number of carbonyl (C=O) groups excluding carboxylic acids is 1. The summed E-state index contributed by atoms with van der Waals surface area (Å²) in [5.74, 6) is 1.16. The van der Waals surface area contributed by atoms with Gasteiger partial charge in [0.05, 0.1) is 16.6 Å². The summed E-state index contributed by atoms with van der Waals surface area (Å²) in [4.78, 5) is 17.5. The topological polar surface area (TPSA) is 73.2 Å². The summed E-state index contributed by atoms with van der Waals surface area (Å²) in [6, 6.07) is 8.28. The van der Waals surface area contributed by atoms with Crippen molar-refractivity contribution in [2.24, 2.45) is 5.92 Å². The van der Waals surface area contributed by atoms with Crippen molar-refractivity contribution in [3.63, 3.8) is 0 Å². The van der Waals surface area contributed by atoms with Gasteiger partial charge in [-0.25, -0.2) is 0 Å². The highest BCUT2D eigenvalue weighted by Crippen LogP contribution is 2.65. The Bertz CT molecular complexity index is 1340. The molecular weight excluding hydrogens is 521 g/mol. The summed E-state index contributed by atoms with van der Waals surface area (Å²) in [5.41, 5.74) is 0.361. The fourth-order valence-corrected chi connectivity index (χ4v) is 8.27. The molecule has 2 aliphatic heterocycles. The normalized spacial score (nSPS) is 32.4. The molecule has 9 heteroatoms. The van der Waals surface area contributed by atoms with Gasteiger partial charge in [0.1, 0.15) is 6.10 Å². The lowest BCUT2D eigenvalue weighted by atomic mass is 9.48. The van der Waals surface area contributed by atoms with Crippen LogP contribution in [0.2, 0.25) is 0 Å². The molecule has 2 saturated carbocycles. The van der Waals surface area contributed by atoms with Crippen LogP contribution in [0.25, 0.3) is 0 Å². The van der Waals surface area contributed by atoms with Gasteiger partial charge in [0.2, 0.25) is 5.91 Å². The summed E-state index contributed by atoms with van der Waals surface area (Å²) in [6.07, 6.45) is 0.619. The third-order valence-corrected chi connectivity index (χ3v) is 10.5. The number of benzene rings is 2. The van der Waals surface area contributed by atoms with Crippen molar-refractivity contribution in [1.29, 1.82) is 0 Å². The lowest BCUT2D eigenvalue weighted by Gasteiger charge is -2.64. The molecule has 0 radical (unpaired) electrons. The van der Waals surface area contributed by atoms with Gasteiger partial charge in [-0.1, -0.05) is 18.2 Å². The number of hydrogen-bond acceptors (Lipinski definition) is 5. The molecule has 2 aromatic carbocycles. The Hall–Kier alpha value is -2.78. The van der Waals surface area contributed by atoms with Crippen LogP contribution in [0, 0.1) is 5.92 Å². The van der Waals surface area contributed by atoms with Gasteiger partial charge in [0, 0.05) is 44.1 Å². The highest BCUT2D eigenvalue weighted by atomic mass is 19.4. The van der Waals surface area contributed by atoms with Gasteiger partial charge in [-0.05, 0) is 80.3 Å². The first-order valence-electron chi connectivity index (χ1n) is 14.4. The van der Waals surface area contributed by atoms with Crippen molar-refractivity contribution in [3.05, 3.63) is 58.7 Å². The highest BCUT2D eigenvalue weighted by molar-refractivity contribution is 5.76. The van der Waals surface area contributed by atoms with Gasteiger partial charge in [-0.2, -0.15) is 13.2 Å². The Morgan fingerprint density at radius 2 is 1.93 bits per heavy atom. The van der Waals surface area contributed by atoms with Crippen LogP contribution < -0.4 is 4.74 Å². The fourth-order valence-electron chi connectivity index (χ4n) is 8.27. The van der Waals surface area contributed by atoms with Crippen LogP contribution in [0.1, 0.15) is 60.8 Å². The molecule has 5 atom stereocenters. The number of aliphatic hydroxyl groups is 1. The molecule has 0 aromatic heterocycles. The number of carbonyl (C=O) groups is 1. The zero-order chi connectivity index (χ0) is 28.0. The number of rotatable bonds is 6. The first-order chi connectivity index (χ1) is 19.0. The standard InChI is InChI=1S/C31H35F3N2O4/c1-35(26(38)11-6-18-4-8-21(9-5-18)31(32,33)34)22-15-25-29-12-13-36(17-19-2-3-19)24(30(29,39)16-22)14-20-7-10-23(37)28(40-25)27(20)29/h4-5,7-10,19,22,24-25,37,39H,2-3,6,11-17H2,1H3/t22?,24-,25?,29-,30-/m1/s1. The molecule has 7 rings (SSSR count). The fraction of sp³-hybridized carbons (Fsp3) is 0.581. The number of likely N-dealkylation sites (tertiary alicyclic amines) is 1. The van der Waals surface area contributed by atoms with Crippen molar-refractivity contribution in [1.82, 2.24) is 9.80 Å². The van der Waals surface area contributed by atoms with Gasteiger partial charge in [-0.3, -0.25) is 9.69 Å². The number of aryl methyl sites for hydroxylation is 1. The first kappa shape index (κ1) is 26.1. The van der Waals surface area contributed by atoms with E-state index in [2.05, 4.69) is 4.90 Å². The molecule has 1 amide bonds. The maximum atomic E-state index is 13.4. The van der Waals surface area contributed by atoms with Crippen LogP contribution in [0.5, 0.6) is 11.5 Å². The van der Waals surface area contributed by atoms with Crippen LogP contribution in [0.15, 0.2) is 36.4 Å². The molecule has 2 bridgehead atoms. The van der Waals surface area contributed by atoms with Crippen molar-refractivity contribution in [2.45, 2.75) is 86.7 Å². The second-order valence-corrected chi connectivity index (χ2v) is 12.7. The molecule has 40 heavy (non-hydrogen) atoms. The second kappa shape index (κ2) is 8.86. The van der Waals surface area contributed by atoms with E-state index in [0.717, 1.165) is 42.8 Å². The van der Waals surface area contributed by atoms with E-state index in [1.54, 1.807) is 18.0 Å². The van der Waals surface area contributed by atoms with Crippen LogP contribution in [0.4, 0.5) is 13.2 Å². The van der Waals surface area contributed by atoms with E-state index in [-0.39, 0.29) is 36.3 Å². The summed E-state index contributed by atoms with van der Waals surface area (Å²) >= 11 is 0. The predicted octanol–water partition coefficient (Wildman–Crippen LogP) is 4.43. The number of hydrogen-bond donors (Lipinski definition) is 2. The zero-order valence-electron chi connectivity index (χ0n) is 22.6. The summed E-state index contributed by atoms with van der Waals surface area (Å²) in [7, 11) is 1.76. The van der Waals surface area contributed by atoms with Gasteiger partial charge in [0.15, 0.2) is 11.5 Å². The van der Waals surface area contributed by atoms with Crippen molar-refractivity contribution < 1.29 is 32.9 Å². The number of nitrogens with zero attached hydrogens (tertiary/aromatic N) is 2. The first-order valence-corrected chi connectivity index (χ1v) is 14.4. The van der Waals surface area contributed by atoms with Crippen LogP contribution in [0.3, 0.4) is 0 Å². The lowest BCUT2D eigenvalue weighted by molar-refractivity contribution is -0.199. The third kappa shape index (κ3) is 3.80. The van der Waals surface area contributed by atoms with Crippen LogP contribution in [-0.2, 0) is 29.2 Å². The van der Waals surface area contributed by atoms with Crippen molar-refractivity contribution >= 4 is 5.91 Å². The van der Waals surface area contributed by atoms with Gasteiger partial charge >= 0.3 is 6.18 Å². The zero-order valence-corrected chi connectivity index (χ0v) is 22.6. The number of aromatic hydroxyl groups is 1. The molecule has 3 aliphatic carbocycles. The molecule has 6 nitrogen and oxygen atoms in total. The highest BCUT2D eigenvalue weighted by Gasteiger charge is 2.72. The largest absolute Gasteiger partial charge is 0.504 e. The summed E-state index contributed by atoms with van der Waals surface area (Å²) in [6.45, 7) is 1.85. The van der Waals surface area contributed by atoms with Gasteiger partial charge in [0.25, 0.3) is 0 Å². The van der Waals surface area contributed by atoms with Crippen molar-refractivity contribution in [2.75, 3.05) is 20.1 Å². The Morgan fingerprint density at radius 3 is 2.62 bits per heavy atom. The summed E-state index contributed by atoms with van der Waals surface area (Å²) in [5, 5.41) is 23.5. The minimum Gasteiger partial charge on any atom is -0.504 e. The number of amides is 1. The van der Waals surface area contributed by atoms with E-state index in [1.807, 2.05) is 6.07 Å². The Balaban J connectivity index is 1.14.